The lowest BCUT2D eigenvalue weighted by Gasteiger charge is -2.27. The number of rotatable bonds is 5. The highest BCUT2D eigenvalue weighted by molar-refractivity contribution is 6.32. The molecular formula is C23H23Cl2F3N4O2. The van der Waals surface area contributed by atoms with Gasteiger partial charge in [0.1, 0.15) is 0 Å². The molecule has 6 nitrogen and oxygen atoms in total. The number of nitrogens with one attached hydrogen (secondary N) is 2. The quantitative estimate of drug-likeness (QED) is 0.516. The Morgan fingerprint density at radius 3 is 2.50 bits per heavy atom. The summed E-state index contributed by atoms with van der Waals surface area (Å²) in [5, 5.41) is 5.25. The molecule has 0 aliphatic carbocycles. The first-order valence-electron chi connectivity index (χ1n) is 10.6. The minimum absolute atomic E-state index is 0.110. The van der Waals surface area contributed by atoms with Crippen LogP contribution < -0.4 is 10.6 Å². The van der Waals surface area contributed by atoms with Gasteiger partial charge < -0.3 is 15.5 Å². The van der Waals surface area contributed by atoms with E-state index in [2.05, 4.69) is 15.6 Å². The second-order valence-corrected chi connectivity index (χ2v) is 8.58. The first kappa shape index (κ1) is 25.8. The summed E-state index contributed by atoms with van der Waals surface area (Å²) in [5.74, 6) is -0.502. The molecule has 2 N–H and O–H groups in total. The van der Waals surface area contributed by atoms with Crippen LogP contribution in [0.5, 0.6) is 0 Å². The molecule has 1 atom stereocenters. The second kappa shape index (κ2) is 10.7. The van der Waals surface area contributed by atoms with Gasteiger partial charge >= 0.3 is 12.2 Å². The van der Waals surface area contributed by atoms with Crippen molar-refractivity contribution in [1.82, 2.24) is 15.2 Å². The first-order valence-corrected chi connectivity index (χ1v) is 11.3. The number of benzene rings is 1. The number of nitrogens with zero attached hydrogens (tertiary/aromatic N) is 2. The summed E-state index contributed by atoms with van der Waals surface area (Å²) in [7, 11) is 0. The highest BCUT2D eigenvalue weighted by Crippen LogP contribution is 2.36. The Morgan fingerprint density at radius 2 is 1.94 bits per heavy atom. The molecule has 2 heterocycles. The van der Waals surface area contributed by atoms with Gasteiger partial charge in [-0.2, -0.15) is 13.2 Å². The van der Waals surface area contributed by atoms with E-state index in [9.17, 15) is 22.8 Å². The Hall–Kier alpha value is -2.78. The number of halogens is 5. The third-order valence-electron chi connectivity index (χ3n) is 5.43. The average molecular weight is 515 g/mol. The predicted molar refractivity (Wildman–Crippen MR) is 126 cm³/mol. The summed E-state index contributed by atoms with van der Waals surface area (Å²) in [5.41, 5.74) is 1.35. The number of carbonyl (C=O) groups excluding carboxylic acids is 2. The SMILES string of the molecule is CCNC(=O)C(C)c1cnc(C2=CCN(C(=O)Nc3ccc(C(F)(F)F)c(Cl)c3)CC2)c(Cl)c1. The summed E-state index contributed by atoms with van der Waals surface area (Å²) < 4.78 is 38.5. The Balaban J connectivity index is 1.65. The van der Waals surface area contributed by atoms with Crippen LogP contribution in [0.2, 0.25) is 10.0 Å². The largest absolute Gasteiger partial charge is 0.417 e. The van der Waals surface area contributed by atoms with E-state index in [0.29, 0.717) is 35.8 Å². The molecule has 1 aromatic heterocycles. The smallest absolute Gasteiger partial charge is 0.356 e. The second-order valence-electron chi connectivity index (χ2n) is 7.76. The molecule has 1 aliphatic rings. The zero-order valence-electron chi connectivity index (χ0n) is 18.5. The van der Waals surface area contributed by atoms with Crippen molar-refractivity contribution in [3.05, 3.63) is 63.4 Å². The van der Waals surface area contributed by atoms with E-state index in [1.165, 1.54) is 4.90 Å². The average Bonchev–Trinajstić information content (AvgIpc) is 2.78. The van der Waals surface area contributed by atoms with Crippen LogP contribution in [-0.4, -0.2) is 41.5 Å². The van der Waals surface area contributed by atoms with Crippen LogP contribution in [0, 0.1) is 0 Å². The predicted octanol–water partition coefficient (Wildman–Crippen LogP) is 5.97. The normalized spacial score (nSPS) is 14.9. The van der Waals surface area contributed by atoms with Gasteiger partial charge in [0.25, 0.3) is 0 Å². The van der Waals surface area contributed by atoms with Gasteiger partial charge in [0.05, 0.1) is 27.2 Å². The number of hydrogen-bond donors (Lipinski definition) is 2. The molecule has 182 valence electrons. The fraction of sp³-hybridized carbons (Fsp3) is 0.348. The zero-order chi connectivity index (χ0) is 25.0. The standard InChI is InChI=1S/C23H23Cl2F3N4O2/c1-3-29-21(33)13(2)15-10-19(25)20(30-12-15)14-6-8-32(9-7-14)22(34)31-16-4-5-17(18(24)11-16)23(26,27)28/h4-6,10-13H,3,7-9H2,1-2H3,(H,29,33)(H,31,34). The van der Waals surface area contributed by atoms with Crippen LogP contribution in [-0.2, 0) is 11.0 Å². The Bertz CT molecular complexity index is 1120. The Kier molecular flexibility index (Phi) is 8.09. The van der Waals surface area contributed by atoms with Crippen LogP contribution in [0.3, 0.4) is 0 Å². The number of urea groups is 1. The number of aromatic nitrogens is 1. The summed E-state index contributed by atoms with van der Waals surface area (Å²) in [6.45, 7) is 4.78. The summed E-state index contributed by atoms with van der Waals surface area (Å²) >= 11 is 12.1. The van der Waals surface area contributed by atoms with E-state index in [-0.39, 0.29) is 18.1 Å². The molecule has 0 bridgehead atoms. The van der Waals surface area contributed by atoms with Gasteiger partial charge in [-0.15, -0.1) is 0 Å². The highest BCUT2D eigenvalue weighted by Gasteiger charge is 2.33. The van der Waals surface area contributed by atoms with Crippen LogP contribution in [0.1, 0.15) is 43.0 Å². The third kappa shape index (κ3) is 6.01. The van der Waals surface area contributed by atoms with Crippen molar-refractivity contribution in [2.75, 3.05) is 25.0 Å². The third-order valence-corrected chi connectivity index (χ3v) is 6.03. The van der Waals surface area contributed by atoms with Gasteiger partial charge in [-0.25, -0.2) is 4.79 Å². The maximum absolute atomic E-state index is 12.8. The first-order chi connectivity index (χ1) is 16.0. The van der Waals surface area contributed by atoms with Crippen molar-refractivity contribution >= 4 is 46.4 Å². The molecule has 34 heavy (non-hydrogen) atoms. The van der Waals surface area contributed by atoms with Crippen molar-refractivity contribution in [3.8, 4) is 0 Å². The van der Waals surface area contributed by atoms with Gasteiger partial charge in [-0.3, -0.25) is 9.78 Å². The number of alkyl halides is 3. The molecule has 1 aliphatic heterocycles. The number of pyridine rings is 1. The minimum Gasteiger partial charge on any atom is -0.356 e. The van der Waals surface area contributed by atoms with Crippen molar-refractivity contribution < 1.29 is 22.8 Å². The molecule has 0 radical (unpaired) electrons. The number of anilines is 1. The van der Waals surface area contributed by atoms with Crippen LogP contribution in [0.25, 0.3) is 5.57 Å². The molecule has 0 fully saturated rings. The number of amides is 3. The molecule has 0 saturated carbocycles. The molecule has 2 aromatic rings. The molecule has 0 spiro atoms. The van der Waals surface area contributed by atoms with Gasteiger partial charge in [0, 0.05) is 31.5 Å². The van der Waals surface area contributed by atoms with Gasteiger partial charge in [0.15, 0.2) is 0 Å². The summed E-state index contributed by atoms with van der Waals surface area (Å²) in [6, 6.07) is 4.32. The zero-order valence-corrected chi connectivity index (χ0v) is 20.0. The van der Waals surface area contributed by atoms with Crippen molar-refractivity contribution in [1.29, 1.82) is 0 Å². The maximum Gasteiger partial charge on any atom is 0.417 e. The molecular weight excluding hydrogens is 492 g/mol. The summed E-state index contributed by atoms with van der Waals surface area (Å²) in [4.78, 5) is 30.5. The van der Waals surface area contributed by atoms with Crippen molar-refractivity contribution in [2.24, 2.45) is 0 Å². The topological polar surface area (TPSA) is 74.3 Å². The van der Waals surface area contributed by atoms with E-state index in [0.717, 1.165) is 23.8 Å². The van der Waals surface area contributed by atoms with Gasteiger partial charge in [-0.05, 0) is 55.7 Å². The molecule has 0 saturated heterocycles. The number of hydrogen-bond acceptors (Lipinski definition) is 3. The van der Waals surface area contributed by atoms with Gasteiger partial charge in [0.2, 0.25) is 5.91 Å². The van der Waals surface area contributed by atoms with Crippen molar-refractivity contribution in [2.45, 2.75) is 32.4 Å². The lowest BCUT2D eigenvalue weighted by Crippen LogP contribution is -2.38. The lowest BCUT2D eigenvalue weighted by molar-refractivity contribution is -0.137. The highest BCUT2D eigenvalue weighted by atomic mass is 35.5. The summed E-state index contributed by atoms with van der Waals surface area (Å²) in [6.07, 6.45) is -0.639. The van der Waals surface area contributed by atoms with E-state index >= 15 is 0 Å². The van der Waals surface area contributed by atoms with E-state index in [1.54, 1.807) is 19.2 Å². The molecule has 3 rings (SSSR count). The van der Waals surface area contributed by atoms with Crippen molar-refractivity contribution in [3.63, 3.8) is 0 Å². The van der Waals surface area contributed by atoms with Crippen LogP contribution in [0.4, 0.5) is 23.7 Å². The lowest BCUT2D eigenvalue weighted by atomic mass is 9.99. The monoisotopic (exact) mass is 514 g/mol. The van der Waals surface area contributed by atoms with E-state index in [4.69, 9.17) is 23.2 Å². The Morgan fingerprint density at radius 1 is 1.21 bits per heavy atom. The molecule has 1 unspecified atom stereocenters. The minimum atomic E-state index is -4.57. The fourth-order valence-electron chi connectivity index (χ4n) is 3.50. The molecule has 1 aromatic carbocycles. The van der Waals surface area contributed by atoms with Crippen LogP contribution >= 0.6 is 23.2 Å². The fourth-order valence-corrected chi connectivity index (χ4v) is 4.08. The molecule has 11 heteroatoms. The Labute approximate surface area is 205 Å². The maximum atomic E-state index is 12.8. The van der Waals surface area contributed by atoms with E-state index < -0.39 is 28.7 Å². The molecule has 3 amide bonds. The van der Waals surface area contributed by atoms with Crippen LogP contribution in [0.15, 0.2) is 36.5 Å². The number of likely N-dealkylation sites (N-methyl/N-ethyl adjacent to an activating group) is 1. The number of carbonyl (C=O) groups is 2. The van der Waals surface area contributed by atoms with Gasteiger partial charge in [-0.1, -0.05) is 29.3 Å². The van der Waals surface area contributed by atoms with E-state index in [1.807, 2.05) is 13.0 Å².